The van der Waals surface area contributed by atoms with Gasteiger partial charge in [0, 0.05) is 38.3 Å². The first-order valence-electron chi connectivity index (χ1n) is 9.14. The number of likely N-dealkylation sites (tertiary alicyclic amines) is 1. The molecule has 1 aromatic rings. The van der Waals surface area contributed by atoms with E-state index in [1.54, 1.807) is 6.26 Å². The Morgan fingerprint density at radius 2 is 2.16 bits per heavy atom. The zero-order valence-electron chi connectivity index (χ0n) is 15.3. The fourth-order valence-electron chi connectivity index (χ4n) is 2.75. The molecule has 1 saturated heterocycles. The third kappa shape index (κ3) is 7.13. The van der Waals surface area contributed by atoms with Gasteiger partial charge in [0.2, 0.25) is 5.91 Å². The third-order valence-corrected chi connectivity index (χ3v) is 4.10. The van der Waals surface area contributed by atoms with Crippen LogP contribution < -0.4 is 16.0 Å². The van der Waals surface area contributed by atoms with Crippen LogP contribution in [0.25, 0.3) is 0 Å². The summed E-state index contributed by atoms with van der Waals surface area (Å²) in [5.74, 6) is 0.917. The van der Waals surface area contributed by atoms with Crippen molar-refractivity contribution < 1.29 is 9.32 Å². The molecule has 1 fully saturated rings. The summed E-state index contributed by atoms with van der Waals surface area (Å²) in [6.45, 7) is 8.48. The summed E-state index contributed by atoms with van der Waals surface area (Å²) in [6, 6.07) is 2.18. The highest BCUT2D eigenvalue weighted by atomic mass is 16.5. The lowest BCUT2D eigenvalue weighted by Gasteiger charge is -2.32. The van der Waals surface area contributed by atoms with Gasteiger partial charge in [0.15, 0.2) is 5.96 Å². The van der Waals surface area contributed by atoms with Gasteiger partial charge in [-0.05, 0) is 26.2 Å². The number of rotatable bonds is 8. The largest absolute Gasteiger partial charge is 0.364 e. The highest BCUT2D eigenvalue weighted by molar-refractivity contribution is 5.80. The Morgan fingerprint density at radius 1 is 1.36 bits per heavy atom. The van der Waals surface area contributed by atoms with Crippen molar-refractivity contribution in [3.05, 3.63) is 18.0 Å². The topological polar surface area (TPSA) is 94.8 Å². The lowest BCUT2D eigenvalue weighted by molar-refractivity contribution is -0.122. The quantitative estimate of drug-likeness (QED) is 0.472. The summed E-state index contributed by atoms with van der Waals surface area (Å²) in [5, 5.41) is 13.5. The van der Waals surface area contributed by atoms with E-state index in [0.29, 0.717) is 19.1 Å². The SMILES string of the molecule is CCCNC(=O)CN1CCC(NC(=NCc2ccon2)NCC)CC1. The van der Waals surface area contributed by atoms with Gasteiger partial charge in [-0.15, -0.1) is 0 Å². The fraction of sp³-hybridized carbons (Fsp3) is 0.706. The number of nitrogens with one attached hydrogen (secondary N) is 3. The molecular weight excluding hydrogens is 320 g/mol. The minimum absolute atomic E-state index is 0.121. The molecule has 2 heterocycles. The van der Waals surface area contributed by atoms with Crippen molar-refractivity contribution in [1.29, 1.82) is 0 Å². The molecule has 140 valence electrons. The lowest BCUT2D eigenvalue weighted by atomic mass is 10.1. The molecule has 0 bridgehead atoms. The number of carbonyl (C=O) groups excluding carboxylic acids is 1. The van der Waals surface area contributed by atoms with Crippen LogP contribution in [0.4, 0.5) is 0 Å². The number of aromatic nitrogens is 1. The van der Waals surface area contributed by atoms with Crippen LogP contribution in [0.3, 0.4) is 0 Å². The maximum absolute atomic E-state index is 11.8. The summed E-state index contributed by atoms with van der Waals surface area (Å²) in [4.78, 5) is 18.6. The number of carbonyl (C=O) groups is 1. The van der Waals surface area contributed by atoms with Gasteiger partial charge >= 0.3 is 0 Å². The summed E-state index contributed by atoms with van der Waals surface area (Å²) < 4.78 is 4.83. The maximum atomic E-state index is 11.8. The highest BCUT2D eigenvalue weighted by Crippen LogP contribution is 2.10. The van der Waals surface area contributed by atoms with Gasteiger partial charge in [-0.2, -0.15) is 0 Å². The van der Waals surface area contributed by atoms with Crippen LogP contribution in [-0.4, -0.2) is 60.7 Å². The molecule has 1 amide bonds. The van der Waals surface area contributed by atoms with Crippen LogP contribution in [0.2, 0.25) is 0 Å². The van der Waals surface area contributed by atoms with Gasteiger partial charge < -0.3 is 20.5 Å². The Bertz CT molecular complexity index is 523. The molecule has 1 aromatic heterocycles. The van der Waals surface area contributed by atoms with Crippen LogP contribution in [0.15, 0.2) is 21.8 Å². The third-order valence-electron chi connectivity index (χ3n) is 4.10. The van der Waals surface area contributed by atoms with E-state index in [0.717, 1.165) is 57.1 Å². The summed E-state index contributed by atoms with van der Waals surface area (Å²) in [6.07, 6.45) is 4.51. The Morgan fingerprint density at radius 3 is 2.80 bits per heavy atom. The molecule has 2 rings (SSSR count). The molecule has 25 heavy (non-hydrogen) atoms. The maximum Gasteiger partial charge on any atom is 0.234 e. The van der Waals surface area contributed by atoms with Crippen LogP contribution >= 0.6 is 0 Å². The summed E-state index contributed by atoms with van der Waals surface area (Å²) in [5.41, 5.74) is 0.810. The Labute approximate surface area is 149 Å². The molecule has 8 nitrogen and oxygen atoms in total. The smallest absolute Gasteiger partial charge is 0.234 e. The van der Waals surface area contributed by atoms with E-state index in [4.69, 9.17) is 4.52 Å². The van der Waals surface area contributed by atoms with E-state index in [9.17, 15) is 4.79 Å². The van der Waals surface area contributed by atoms with Gasteiger partial charge in [-0.1, -0.05) is 12.1 Å². The number of piperidine rings is 1. The average Bonchev–Trinajstić information content (AvgIpc) is 3.13. The Hall–Kier alpha value is -2.09. The van der Waals surface area contributed by atoms with E-state index in [2.05, 4.69) is 37.9 Å². The van der Waals surface area contributed by atoms with Gasteiger partial charge in [-0.3, -0.25) is 9.69 Å². The number of hydrogen-bond donors (Lipinski definition) is 3. The van der Waals surface area contributed by atoms with Gasteiger partial charge in [0.25, 0.3) is 0 Å². The number of aliphatic imine (C=N–C) groups is 1. The van der Waals surface area contributed by atoms with Crippen molar-refractivity contribution in [2.45, 2.75) is 45.7 Å². The molecule has 8 heteroatoms. The van der Waals surface area contributed by atoms with Crippen LogP contribution in [0.5, 0.6) is 0 Å². The van der Waals surface area contributed by atoms with Crippen molar-refractivity contribution in [2.75, 3.05) is 32.7 Å². The number of guanidine groups is 1. The molecule has 0 atom stereocenters. The second kappa shape index (κ2) is 10.7. The van der Waals surface area contributed by atoms with E-state index >= 15 is 0 Å². The number of nitrogens with zero attached hydrogens (tertiary/aromatic N) is 3. The molecule has 1 aliphatic heterocycles. The zero-order chi connectivity index (χ0) is 17.9. The summed E-state index contributed by atoms with van der Waals surface area (Å²) >= 11 is 0. The van der Waals surface area contributed by atoms with E-state index in [1.807, 2.05) is 13.0 Å². The molecule has 3 N–H and O–H groups in total. The Balaban J connectivity index is 1.74. The number of hydrogen-bond acceptors (Lipinski definition) is 5. The van der Waals surface area contributed by atoms with Gasteiger partial charge in [0.1, 0.15) is 12.0 Å². The molecule has 0 unspecified atom stereocenters. The molecule has 1 aliphatic rings. The number of amides is 1. The lowest BCUT2D eigenvalue weighted by Crippen LogP contribution is -2.50. The first kappa shape index (κ1) is 19.2. The minimum Gasteiger partial charge on any atom is -0.364 e. The van der Waals surface area contributed by atoms with Crippen molar-refractivity contribution >= 4 is 11.9 Å². The first-order valence-corrected chi connectivity index (χ1v) is 9.14. The van der Waals surface area contributed by atoms with E-state index in [-0.39, 0.29) is 5.91 Å². The monoisotopic (exact) mass is 350 g/mol. The molecule has 0 aliphatic carbocycles. The normalized spacial score (nSPS) is 16.6. The molecule has 0 saturated carbocycles. The highest BCUT2D eigenvalue weighted by Gasteiger charge is 2.21. The predicted molar refractivity (Wildman–Crippen MR) is 97.2 cm³/mol. The van der Waals surface area contributed by atoms with Crippen molar-refractivity contribution in [1.82, 2.24) is 26.0 Å². The van der Waals surface area contributed by atoms with Crippen LogP contribution in [-0.2, 0) is 11.3 Å². The zero-order valence-corrected chi connectivity index (χ0v) is 15.3. The minimum atomic E-state index is 0.121. The Kier molecular flexibility index (Phi) is 8.24. The summed E-state index contributed by atoms with van der Waals surface area (Å²) in [7, 11) is 0. The van der Waals surface area contributed by atoms with Gasteiger partial charge in [0.05, 0.1) is 13.1 Å². The van der Waals surface area contributed by atoms with Crippen molar-refractivity contribution in [3.8, 4) is 0 Å². The van der Waals surface area contributed by atoms with Crippen molar-refractivity contribution in [3.63, 3.8) is 0 Å². The first-order chi connectivity index (χ1) is 12.2. The standard InChI is InChI=1S/C17H30N6O2/c1-3-8-19-16(24)13-23-9-5-14(6-10-23)21-17(18-4-2)20-12-15-7-11-25-22-15/h7,11,14H,3-6,8-10,12-13H2,1-2H3,(H,19,24)(H2,18,20,21). The molecule has 0 aromatic carbocycles. The average molecular weight is 350 g/mol. The second-order valence-electron chi connectivity index (χ2n) is 6.23. The molecule has 0 spiro atoms. The van der Waals surface area contributed by atoms with E-state index < -0.39 is 0 Å². The second-order valence-corrected chi connectivity index (χ2v) is 6.23. The van der Waals surface area contributed by atoms with Crippen molar-refractivity contribution in [2.24, 2.45) is 4.99 Å². The van der Waals surface area contributed by atoms with Gasteiger partial charge in [-0.25, -0.2) is 4.99 Å². The van der Waals surface area contributed by atoms with E-state index in [1.165, 1.54) is 0 Å². The molecule has 0 radical (unpaired) electrons. The fourth-order valence-corrected chi connectivity index (χ4v) is 2.75. The predicted octanol–water partition coefficient (Wildman–Crippen LogP) is 0.720. The molecular formula is C17H30N6O2. The van der Waals surface area contributed by atoms with Crippen LogP contribution in [0.1, 0.15) is 38.8 Å². The van der Waals surface area contributed by atoms with Crippen LogP contribution in [0, 0.1) is 0 Å².